The molecule has 1 atom stereocenters. The van der Waals surface area contributed by atoms with Gasteiger partial charge in [0, 0.05) is 25.9 Å². The van der Waals surface area contributed by atoms with E-state index in [0.29, 0.717) is 5.69 Å². The van der Waals surface area contributed by atoms with Gasteiger partial charge in [0.05, 0.1) is 5.92 Å². The minimum atomic E-state index is -0.175. The first kappa shape index (κ1) is 15.5. The van der Waals surface area contributed by atoms with Crippen LogP contribution in [0.2, 0.25) is 0 Å². The highest BCUT2D eigenvalue weighted by Crippen LogP contribution is 2.19. The minimum Gasteiger partial charge on any atom is -0.399 e. The monoisotopic (exact) mass is 264 g/mol. The van der Waals surface area contributed by atoms with Crippen molar-refractivity contribution in [3.63, 3.8) is 0 Å². The van der Waals surface area contributed by atoms with Crippen molar-refractivity contribution < 1.29 is 9.90 Å². The van der Waals surface area contributed by atoms with E-state index in [1.807, 2.05) is 38.2 Å². The van der Waals surface area contributed by atoms with Crippen molar-refractivity contribution in [1.29, 1.82) is 0 Å². The predicted octanol–water partition coefficient (Wildman–Crippen LogP) is 1.99. The molecule has 1 aromatic carbocycles. The normalized spacial score (nSPS) is 12.2. The van der Waals surface area contributed by atoms with E-state index in [0.717, 1.165) is 31.4 Å². The van der Waals surface area contributed by atoms with Gasteiger partial charge < -0.3 is 15.7 Å². The summed E-state index contributed by atoms with van der Waals surface area (Å²) >= 11 is 0. The summed E-state index contributed by atoms with van der Waals surface area (Å²) in [4.78, 5) is 14.0. The van der Waals surface area contributed by atoms with Crippen LogP contribution in [0.5, 0.6) is 0 Å². The summed E-state index contributed by atoms with van der Waals surface area (Å²) < 4.78 is 0. The molecule has 0 aliphatic carbocycles. The molecule has 1 rings (SSSR count). The van der Waals surface area contributed by atoms with E-state index >= 15 is 0 Å². The van der Waals surface area contributed by atoms with Gasteiger partial charge in [-0.3, -0.25) is 4.79 Å². The Hall–Kier alpha value is -1.55. The topological polar surface area (TPSA) is 66.6 Å². The Labute approximate surface area is 115 Å². The quantitative estimate of drug-likeness (QED) is 0.584. The van der Waals surface area contributed by atoms with Crippen molar-refractivity contribution in [3.05, 3.63) is 29.8 Å². The molecular formula is C15H24N2O2. The summed E-state index contributed by atoms with van der Waals surface area (Å²) in [5.41, 5.74) is 7.37. The van der Waals surface area contributed by atoms with Gasteiger partial charge in [0.1, 0.15) is 0 Å². The molecular weight excluding hydrogens is 240 g/mol. The number of nitrogens with two attached hydrogens (primary N) is 1. The lowest BCUT2D eigenvalue weighted by Crippen LogP contribution is -2.31. The molecule has 1 unspecified atom stereocenters. The van der Waals surface area contributed by atoms with E-state index in [1.165, 1.54) is 0 Å². The van der Waals surface area contributed by atoms with Gasteiger partial charge in [-0.1, -0.05) is 12.1 Å². The number of nitrogen functional groups attached to an aromatic ring is 1. The van der Waals surface area contributed by atoms with E-state index in [9.17, 15) is 4.79 Å². The van der Waals surface area contributed by atoms with Gasteiger partial charge in [-0.2, -0.15) is 0 Å². The average Bonchev–Trinajstić information content (AvgIpc) is 2.41. The van der Waals surface area contributed by atoms with E-state index < -0.39 is 0 Å². The Morgan fingerprint density at radius 3 is 2.74 bits per heavy atom. The van der Waals surface area contributed by atoms with E-state index in [2.05, 4.69) is 0 Å². The molecule has 0 aliphatic rings. The number of unbranched alkanes of at least 4 members (excludes halogenated alkanes) is 2. The zero-order valence-electron chi connectivity index (χ0n) is 11.8. The second kappa shape index (κ2) is 7.79. The molecule has 1 aromatic rings. The maximum absolute atomic E-state index is 12.3. The molecule has 0 heterocycles. The molecule has 0 fully saturated rings. The maximum Gasteiger partial charge on any atom is 0.229 e. The minimum absolute atomic E-state index is 0.106. The molecule has 0 spiro atoms. The van der Waals surface area contributed by atoms with Crippen LogP contribution in [0.1, 0.15) is 37.7 Å². The van der Waals surface area contributed by atoms with Crippen LogP contribution in [0.15, 0.2) is 24.3 Å². The van der Waals surface area contributed by atoms with E-state index in [4.69, 9.17) is 10.8 Å². The highest BCUT2D eigenvalue weighted by atomic mass is 16.2. The van der Waals surface area contributed by atoms with Gasteiger partial charge in [-0.25, -0.2) is 0 Å². The number of hydrogen-bond donors (Lipinski definition) is 2. The van der Waals surface area contributed by atoms with Crippen LogP contribution in [0.4, 0.5) is 5.69 Å². The number of benzene rings is 1. The van der Waals surface area contributed by atoms with Crippen LogP contribution >= 0.6 is 0 Å². The predicted molar refractivity (Wildman–Crippen MR) is 77.8 cm³/mol. The molecule has 19 heavy (non-hydrogen) atoms. The van der Waals surface area contributed by atoms with Crippen molar-refractivity contribution >= 4 is 11.6 Å². The Morgan fingerprint density at radius 2 is 2.11 bits per heavy atom. The number of hydrogen-bond acceptors (Lipinski definition) is 3. The number of rotatable bonds is 7. The molecule has 0 saturated heterocycles. The first-order chi connectivity index (χ1) is 9.06. The second-order valence-corrected chi connectivity index (χ2v) is 4.94. The van der Waals surface area contributed by atoms with Crippen LogP contribution in [-0.4, -0.2) is 36.1 Å². The Bertz CT molecular complexity index is 407. The van der Waals surface area contributed by atoms with Gasteiger partial charge in [-0.05, 0) is 43.9 Å². The number of likely N-dealkylation sites (N-methyl/N-ethyl adjacent to an activating group) is 1. The SMILES string of the molecule is CC(C(=O)N(C)CCCCCO)c1cccc(N)c1. The molecule has 0 bridgehead atoms. The molecule has 3 N–H and O–H groups in total. The number of nitrogens with zero attached hydrogens (tertiary/aromatic N) is 1. The van der Waals surface area contributed by atoms with Crippen molar-refractivity contribution in [2.24, 2.45) is 0 Å². The third-order valence-electron chi connectivity index (χ3n) is 3.31. The molecule has 4 nitrogen and oxygen atoms in total. The number of aliphatic hydroxyl groups excluding tert-OH is 1. The van der Waals surface area contributed by atoms with Crippen molar-refractivity contribution in [2.75, 3.05) is 25.9 Å². The van der Waals surface area contributed by atoms with Gasteiger partial charge in [0.25, 0.3) is 0 Å². The first-order valence-electron chi connectivity index (χ1n) is 6.77. The lowest BCUT2D eigenvalue weighted by Gasteiger charge is -2.21. The fraction of sp³-hybridized carbons (Fsp3) is 0.533. The molecule has 1 amide bonds. The zero-order valence-corrected chi connectivity index (χ0v) is 11.8. The lowest BCUT2D eigenvalue weighted by atomic mass is 9.99. The van der Waals surface area contributed by atoms with E-state index in [1.54, 1.807) is 4.90 Å². The Morgan fingerprint density at radius 1 is 1.37 bits per heavy atom. The first-order valence-corrected chi connectivity index (χ1v) is 6.77. The van der Waals surface area contributed by atoms with Crippen molar-refractivity contribution in [2.45, 2.75) is 32.1 Å². The molecule has 0 radical (unpaired) electrons. The highest BCUT2D eigenvalue weighted by molar-refractivity contribution is 5.83. The number of anilines is 1. The summed E-state index contributed by atoms with van der Waals surface area (Å²) in [5, 5.41) is 8.71. The summed E-state index contributed by atoms with van der Waals surface area (Å²) in [6.45, 7) is 2.85. The third-order valence-corrected chi connectivity index (χ3v) is 3.31. The molecule has 106 valence electrons. The highest BCUT2D eigenvalue weighted by Gasteiger charge is 2.18. The Kier molecular flexibility index (Phi) is 6.36. The maximum atomic E-state index is 12.3. The lowest BCUT2D eigenvalue weighted by molar-refractivity contribution is -0.131. The Balaban J connectivity index is 2.51. The fourth-order valence-electron chi connectivity index (χ4n) is 2.05. The molecule has 0 saturated carbocycles. The molecule has 4 heteroatoms. The van der Waals surface area contributed by atoms with Crippen LogP contribution < -0.4 is 5.73 Å². The third kappa shape index (κ3) is 4.91. The van der Waals surface area contributed by atoms with Gasteiger partial charge in [0.15, 0.2) is 0 Å². The summed E-state index contributed by atoms with van der Waals surface area (Å²) in [6.07, 6.45) is 2.67. The fourth-order valence-corrected chi connectivity index (χ4v) is 2.05. The average molecular weight is 264 g/mol. The zero-order chi connectivity index (χ0) is 14.3. The number of carbonyl (C=O) groups excluding carboxylic acids is 1. The molecule has 0 aromatic heterocycles. The second-order valence-electron chi connectivity index (χ2n) is 4.94. The number of carbonyl (C=O) groups is 1. The van der Waals surface area contributed by atoms with Crippen LogP contribution in [0, 0.1) is 0 Å². The van der Waals surface area contributed by atoms with Gasteiger partial charge in [0.2, 0.25) is 5.91 Å². The van der Waals surface area contributed by atoms with E-state index in [-0.39, 0.29) is 18.4 Å². The summed E-state index contributed by atoms with van der Waals surface area (Å²) in [6, 6.07) is 7.47. The van der Waals surface area contributed by atoms with Crippen LogP contribution in [0.3, 0.4) is 0 Å². The smallest absolute Gasteiger partial charge is 0.229 e. The van der Waals surface area contributed by atoms with Crippen LogP contribution in [0.25, 0.3) is 0 Å². The number of amides is 1. The van der Waals surface area contributed by atoms with Gasteiger partial charge in [-0.15, -0.1) is 0 Å². The number of aliphatic hydroxyl groups is 1. The standard InChI is InChI=1S/C15H24N2O2/c1-12(13-7-6-8-14(16)11-13)15(19)17(2)9-4-3-5-10-18/h6-8,11-12,18H,3-5,9-10,16H2,1-2H3. The van der Waals surface area contributed by atoms with Crippen molar-refractivity contribution in [3.8, 4) is 0 Å². The van der Waals surface area contributed by atoms with Gasteiger partial charge >= 0.3 is 0 Å². The van der Waals surface area contributed by atoms with Crippen LogP contribution in [-0.2, 0) is 4.79 Å². The summed E-state index contributed by atoms with van der Waals surface area (Å²) in [5.74, 6) is -0.0686. The summed E-state index contributed by atoms with van der Waals surface area (Å²) in [7, 11) is 1.82. The largest absolute Gasteiger partial charge is 0.399 e. The molecule has 0 aliphatic heterocycles. The van der Waals surface area contributed by atoms with Crippen molar-refractivity contribution in [1.82, 2.24) is 4.90 Å².